The fourth-order valence-corrected chi connectivity index (χ4v) is 3.85. The summed E-state index contributed by atoms with van der Waals surface area (Å²) in [6, 6.07) is 7.68. The molecule has 2 N–H and O–H groups in total. The van der Waals surface area contributed by atoms with Crippen LogP contribution in [0.5, 0.6) is 17.2 Å². The quantitative estimate of drug-likeness (QED) is 0.850. The molecule has 2 aliphatic rings. The summed E-state index contributed by atoms with van der Waals surface area (Å²) in [5.74, 6) is 0.893. The molecule has 1 aliphatic carbocycles. The number of nitrogens with zero attached hydrogens (tertiary/aromatic N) is 1. The fraction of sp³-hybridized carbons (Fsp3) is 0.333. The summed E-state index contributed by atoms with van der Waals surface area (Å²) in [6.07, 6.45) is 1.84. The molecule has 0 bridgehead atoms. The van der Waals surface area contributed by atoms with Gasteiger partial charge in [0.2, 0.25) is 0 Å². The molecule has 0 saturated carbocycles. The minimum absolute atomic E-state index is 0.152. The molecular weight excluding hydrogens is 278 g/mol. The summed E-state index contributed by atoms with van der Waals surface area (Å²) >= 11 is 0. The number of aromatic hydroxyl groups is 2. The highest BCUT2D eigenvalue weighted by Crippen LogP contribution is 2.50. The van der Waals surface area contributed by atoms with Crippen molar-refractivity contribution in [3.8, 4) is 28.4 Å². The molecule has 4 nitrogen and oxygen atoms in total. The van der Waals surface area contributed by atoms with Crippen molar-refractivity contribution < 1.29 is 14.9 Å². The van der Waals surface area contributed by atoms with Crippen LogP contribution in [-0.4, -0.2) is 35.8 Å². The Morgan fingerprint density at radius 2 is 1.95 bits per heavy atom. The van der Waals surface area contributed by atoms with Gasteiger partial charge < -0.3 is 14.9 Å². The van der Waals surface area contributed by atoms with Crippen molar-refractivity contribution in [3.63, 3.8) is 0 Å². The first-order valence-electron chi connectivity index (χ1n) is 7.55. The Balaban J connectivity index is 2.04. The average Bonchev–Trinajstić information content (AvgIpc) is 2.51. The molecule has 0 fully saturated rings. The Morgan fingerprint density at radius 3 is 2.73 bits per heavy atom. The highest BCUT2D eigenvalue weighted by Gasteiger charge is 2.34. The smallest absolute Gasteiger partial charge is 0.161 e. The van der Waals surface area contributed by atoms with E-state index in [1.165, 1.54) is 11.1 Å². The van der Waals surface area contributed by atoms with Gasteiger partial charge in [0.1, 0.15) is 5.75 Å². The lowest BCUT2D eigenvalue weighted by Gasteiger charge is -2.40. The van der Waals surface area contributed by atoms with E-state index in [4.69, 9.17) is 4.74 Å². The normalized spacial score (nSPS) is 19.5. The number of benzene rings is 2. The van der Waals surface area contributed by atoms with E-state index in [0.717, 1.165) is 36.1 Å². The average molecular weight is 297 g/mol. The first-order chi connectivity index (χ1) is 10.6. The van der Waals surface area contributed by atoms with Crippen molar-refractivity contribution in [1.82, 2.24) is 4.90 Å². The van der Waals surface area contributed by atoms with Gasteiger partial charge >= 0.3 is 0 Å². The fourth-order valence-electron chi connectivity index (χ4n) is 3.85. The van der Waals surface area contributed by atoms with Gasteiger partial charge in [-0.05, 0) is 60.3 Å². The molecule has 0 unspecified atom stereocenters. The van der Waals surface area contributed by atoms with E-state index in [2.05, 4.69) is 11.9 Å². The molecule has 114 valence electrons. The second-order valence-corrected chi connectivity index (χ2v) is 6.16. The second-order valence-electron chi connectivity index (χ2n) is 6.16. The molecule has 0 radical (unpaired) electrons. The van der Waals surface area contributed by atoms with Crippen molar-refractivity contribution in [2.45, 2.75) is 18.9 Å². The topological polar surface area (TPSA) is 52.9 Å². The van der Waals surface area contributed by atoms with Gasteiger partial charge in [0, 0.05) is 18.2 Å². The molecule has 2 aromatic rings. The van der Waals surface area contributed by atoms with Gasteiger partial charge in [0.15, 0.2) is 11.5 Å². The van der Waals surface area contributed by atoms with Crippen LogP contribution in [-0.2, 0) is 12.8 Å². The number of phenols is 2. The zero-order chi connectivity index (χ0) is 15.4. The van der Waals surface area contributed by atoms with Crippen LogP contribution in [0.4, 0.5) is 0 Å². The largest absolute Gasteiger partial charge is 0.507 e. The van der Waals surface area contributed by atoms with Crippen LogP contribution in [0, 0.1) is 0 Å². The first kappa shape index (κ1) is 13.5. The Labute approximate surface area is 129 Å². The van der Waals surface area contributed by atoms with Gasteiger partial charge in [0.25, 0.3) is 0 Å². The van der Waals surface area contributed by atoms with Crippen LogP contribution >= 0.6 is 0 Å². The maximum Gasteiger partial charge on any atom is 0.161 e. The molecular formula is C18H19NO3. The van der Waals surface area contributed by atoms with Crippen molar-refractivity contribution >= 4 is 0 Å². The van der Waals surface area contributed by atoms with Crippen LogP contribution in [0.15, 0.2) is 24.3 Å². The van der Waals surface area contributed by atoms with E-state index < -0.39 is 0 Å². The predicted molar refractivity (Wildman–Crippen MR) is 84.5 cm³/mol. The third-order valence-electron chi connectivity index (χ3n) is 5.00. The van der Waals surface area contributed by atoms with Gasteiger partial charge in [-0.15, -0.1) is 0 Å². The summed E-state index contributed by atoms with van der Waals surface area (Å²) in [7, 11) is 3.66. The minimum atomic E-state index is 0.152. The number of phenolic OH excluding ortho intramolecular Hbond substituents is 2. The SMILES string of the molecule is COc1cc2c(cc1O)C[C@H]1c3c(ccc(O)c3-2)CCN1C. The lowest BCUT2D eigenvalue weighted by Crippen LogP contribution is -2.35. The molecule has 0 saturated heterocycles. The van der Waals surface area contributed by atoms with Crippen molar-refractivity contribution in [3.05, 3.63) is 41.0 Å². The Bertz CT molecular complexity index is 769. The molecule has 0 aromatic heterocycles. The van der Waals surface area contributed by atoms with Crippen molar-refractivity contribution in [2.24, 2.45) is 0 Å². The van der Waals surface area contributed by atoms with Crippen LogP contribution < -0.4 is 4.74 Å². The molecule has 1 aliphatic heterocycles. The number of hydrogen-bond donors (Lipinski definition) is 2. The standard InChI is InChI=1S/C18H19NO3/c1-19-6-5-10-3-4-14(20)18-12-9-16(22-2)15(21)8-11(12)7-13(19)17(10)18/h3-4,8-9,13,20-21H,5-7H2,1-2H3/t13-/m0/s1. The van der Waals surface area contributed by atoms with Gasteiger partial charge in [0.05, 0.1) is 7.11 Å². The van der Waals surface area contributed by atoms with E-state index in [0.29, 0.717) is 11.5 Å². The molecule has 0 spiro atoms. The van der Waals surface area contributed by atoms with E-state index >= 15 is 0 Å². The lowest BCUT2D eigenvalue weighted by atomic mass is 9.76. The molecule has 0 amide bonds. The second kappa shape index (κ2) is 4.65. The maximum atomic E-state index is 10.5. The summed E-state index contributed by atoms with van der Waals surface area (Å²) in [6.45, 7) is 1.01. The van der Waals surface area contributed by atoms with Crippen LogP contribution in [0.3, 0.4) is 0 Å². The highest BCUT2D eigenvalue weighted by molar-refractivity contribution is 5.82. The Hall–Kier alpha value is -2.20. The summed E-state index contributed by atoms with van der Waals surface area (Å²) in [5.41, 5.74) is 5.46. The third kappa shape index (κ3) is 1.74. The first-order valence-corrected chi connectivity index (χ1v) is 7.55. The van der Waals surface area contributed by atoms with Gasteiger partial charge in [-0.3, -0.25) is 4.90 Å². The summed E-state index contributed by atoms with van der Waals surface area (Å²) in [4.78, 5) is 2.33. The summed E-state index contributed by atoms with van der Waals surface area (Å²) in [5, 5.41) is 20.5. The van der Waals surface area contributed by atoms with Gasteiger partial charge in [-0.1, -0.05) is 6.07 Å². The maximum absolute atomic E-state index is 10.5. The van der Waals surface area contributed by atoms with Gasteiger partial charge in [-0.2, -0.15) is 0 Å². The number of methoxy groups -OCH3 is 1. The van der Waals surface area contributed by atoms with E-state index in [1.807, 2.05) is 12.1 Å². The van der Waals surface area contributed by atoms with Gasteiger partial charge in [-0.25, -0.2) is 0 Å². The minimum Gasteiger partial charge on any atom is -0.507 e. The number of fused-ring (bicyclic) bond motifs is 2. The van der Waals surface area contributed by atoms with Crippen LogP contribution in [0.1, 0.15) is 22.7 Å². The van der Waals surface area contributed by atoms with E-state index in [9.17, 15) is 10.2 Å². The van der Waals surface area contributed by atoms with Crippen LogP contribution in [0.2, 0.25) is 0 Å². The number of likely N-dealkylation sites (N-methyl/N-ethyl adjacent to an activating group) is 1. The summed E-state index contributed by atoms with van der Waals surface area (Å²) < 4.78 is 5.24. The van der Waals surface area contributed by atoms with Crippen molar-refractivity contribution in [2.75, 3.05) is 20.7 Å². The molecule has 22 heavy (non-hydrogen) atoms. The molecule has 4 rings (SSSR count). The number of hydrogen-bond acceptors (Lipinski definition) is 4. The highest BCUT2D eigenvalue weighted by atomic mass is 16.5. The Morgan fingerprint density at radius 1 is 1.14 bits per heavy atom. The van der Waals surface area contributed by atoms with Crippen LogP contribution in [0.25, 0.3) is 11.1 Å². The van der Waals surface area contributed by atoms with Crippen molar-refractivity contribution in [1.29, 1.82) is 0 Å². The number of rotatable bonds is 1. The monoisotopic (exact) mass is 297 g/mol. The molecule has 1 atom stereocenters. The molecule has 2 aromatic carbocycles. The predicted octanol–water partition coefficient (Wildman–Crippen LogP) is 2.86. The third-order valence-corrected chi connectivity index (χ3v) is 5.00. The number of ether oxygens (including phenoxy) is 1. The molecule has 4 heteroatoms. The Kier molecular flexibility index (Phi) is 2.84. The zero-order valence-electron chi connectivity index (χ0n) is 12.8. The van der Waals surface area contributed by atoms with E-state index in [-0.39, 0.29) is 11.8 Å². The lowest BCUT2D eigenvalue weighted by molar-refractivity contribution is 0.227. The van der Waals surface area contributed by atoms with E-state index in [1.54, 1.807) is 19.2 Å². The zero-order valence-corrected chi connectivity index (χ0v) is 12.8. The molecule has 1 heterocycles.